The Kier molecular flexibility index (Phi) is 6.94. The molecule has 1 N–H and O–H groups in total. The van der Waals surface area contributed by atoms with E-state index in [0.29, 0.717) is 16.3 Å². The standard InChI is InChI=1S/C27H22N2O4S/c1-17(2)33-22-14-12-18(13-15-22)23-16-34-27(28-23)29-26(32)21-10-8-20(9-11-21)25(31)24(30)19-6-4-3-5-7-19/h3-17H,1-2H3,(H,28,29,32). The summed E-state index contributed by atoms with van der Waals surface area (Å²) in [5.74, 6) is -0.769. The van der Waals surface area contributed by atoms with E-state index in [0.717, 1.165) is 17.0 Å². The number of ketones is 2. The van der Waals surface area contributed by atoms with Gasteiger partial charge in [-0.1, -0.05) is 42.5 Å². The van der Waals surface area contributed by atoms with Gasteiger partial charge < -0.3 is 4.74 Å². The Morgan fingerprint density at radius 2 is 1.38 bits per heavy atom. The van der Waals surface area contributed by atoms with Crippen LogP contribution in [0.5, 0.6) is 5.75 Å². The molecule has 1 aromatic heterocycles. The molecule has 0 unspecified atom stereocenters. The van der Waals surface area contributed by atoms with Crippen LogP contribution in [-0.4, -0.2) is 28.6 Å². The monoisotopic (exact) mass is 470 g/mol. The molecule has 0 saturated carbocycles. The maximum absolute atomic E-state index is 12.6. The Balaban J connectivity index is 1.40. The molecule has 6 nitrogen and oxygen atoms in total. The summed E-state index contributed by atoms with van der Waals surface area (Å²) >= 11 is 1.32. The second-order valence-corrected chi connectivity index (χ2v) is 8.64. The van der Waals surface area contributed by atoms with Crippen LogP contribution in [0.1, 0.15) is 44.9 Å². The van der Waals surface area contributed by atoms with Crippen molar-refractivity contribution >= 4 is 33.9 Å². The first-order valence-electron chi connectivity index (χ1n) is 10.7. The molecule has 4 aromatic rings. The Morgan fingerprint density at radius 3 is 2.00 bits per heavy atom. The molecule has 7 heteroatoms. The average molecular weight is 471 g/mol. The number of rotatable bonds is 8. The first-order valence-corrected chi connectivity index (χ1v) is 11.6. The SMILES string of the molecule is CC(C)Oc1ccc(-c2csc(NC(=O)c3ccc(C(=O)C(=O)c4ccccc4)cc3)n2)cc1. The number of thiazole rings is 1. The van der Waals surface area contributed by atoms with Gasteiger partial charge in [0.05, 0.1) is 11.8 Å². The molecule has 1 heterocycles. The van der Waals surface area contributed by atoms with Gasteiger partial charge in [-0.15, -0.1) is 11.3 Å². The van der Waals surface area contributed by atoms with Crippen LogP contribution in [0.25, 0.3) is 11.3 Å². The number of nitrogens with one attached hydrogen (secondary N) is 1. The predicted octanol–water partition coefficient (Wildman–Crippen LogP) is 5.92. The van der Waals surface area contributed by atoms with E-state index in [9.17, 15) is 14.4 Å². The number of carbonyl (C=O) groups excluding carboxylic acids is 3. The van der Waals surface area contributed by atoms with E-state index in [4.69, 9.17) is 4.74 Å². The zero-order valence-electron chi connectivity index (χ0n) is 18.6. The van der Waals surface area contributed by atoms with Crippen molar-refractivity contribution in [1.82, 2.24) is 4.98 Å². The molecule has 0 aliphatic rings. The molecule has 1 amide bonds. The van der Waals surface area contributed by atoms with Crippen molar-refractivity contribution in [3.8, 4) is 17.0 Å². The van der Waals surface area contributed by atoms with Gasteiger partial charge in [-0.05, 0) is 50.2 Å². The Morgan fingerprint density at radius 1 is 0.794 bits per heavy atom. The van der Waals surface area contributed by atoms with Gasteiger partial charge in [0, 0.05) is 27.6 Å². The van der Waals surface area contributed by atoms with E-state index in [2.05, 4.69) is 10.3 Å². The zero-order chi connectivity index (χ0) is 24.1. The zero-order valence-corrected chi connectivity index (χ0v) is 19.5. The number of aromatic nitrogens is 1. The molecule has 0 radical (unpaired) electrons. The molecule has 0 bridgehead atoms. The smallest absolute Gasteiger partial charge is 0.257 e. The topological polar surface area (TPSA) is 85.4 Å². The number of Topliss-reactive ketones (excluding diaryl/α,β-unsaturated/α-hetero) is 2. The number of ether oxygens (including phenoxy) is 1. The first kappa shape index (κ1) is 23.1. The summed E-state index contributed by atoms with van der Waals surface area (Å²) in [6.07, 6.45) is 0.100. The van der Waals surface area contributed by atoms with Gasteiger partial charge in [0.1, 0.15) is 5.75 Å². The Bertz CT molecular complexity index is 1310. The van der Waals surface area contributed by atoms with Crippen molar-refractivity contribution in [2.75, 3.05) is 5.32 Å². The summed E-state index contributed by atoms with van der Waals surface area (Å²) in [5.41, 5.74) is 2.58. The number of hydrogen-bond acceptors (Lipinski definition) is 6. The Hall–Kier alpha value is -4.10. The van der Waals surface area contributed by atoms with E-state index >= 15 is 0 Å². The molecule has 0 fully saturated rings. The summed E-state index contributed by atoms with van der Waals surface area (Å²) < 4.78 is 5.66. The number of hydrogen-bond donors (Lipinski definition) is 1. The maximum atomic E-state index is 12.6. The van der Waals surface area contributed by atoms with Crippen molar-refractivity contribution in [2.45, 2.75) is 20.0 Å². The molecule has 0 aliphatic carbocycles. The van der Waals surface area contributed by atoms with Gasteiger partial charge in [0.15, 0.2) is 5.13 Å². The fraction of sp³-hybridized carbons (Fsp3) is 0.111. The third kappa shape index (κ3) is 5.44. The van der Waals surface area contributed by atoms with E-state index < -0.39 is 11.6 Å². The van der Waals surface area contributed by atoms with Crippen LogP contribution >= 0.6 is 11.3 Å². The maximum Gasteiger partial charge on any atom is 0.257 e. The summed E-state index contributed by atoms with van der Waals surface area (Å²) in [7, 11) is 0. The second kappa shape index (κ2) is 10.2. The molecule has 0 spiro atoms. The minimum Gasteiger partial charge on any atom is -0.491 e. The second-order valence-electron chi connectivity index (χ2n) is 7.78. The van der Waals surface area contributed by atoms with E-state index in [-0.39, 0.29) is 17.6 Å². The van der Waals surface area contributed by atoms with Crippen molar-refractivity contribution in [3.63, 3.8) is 0 Å². The van der Waals surface area contributed by atoms with Crippen molar-refractivity contribution in [2.24, 2.45) is 0 Å². The lowest BCUT2D eigenvalue weighted by Gasteiger charge is -2.09. The highest BCUT2D eigenvalue weighted by Gasteiger charge is 2.18. The van der Waals surface area contributed by atoms with Crippen molar-refractivity contribution in [3.05, 3.63) is 101 Å². The normalized spacial score (nSPS) is 10.7. The summed E-state index contributed by atoms with van der Waals surface area (Å²) in [4.78, 5) is 41.9. The number of amides is 1. The fourth-order valence-electron chi connectivity index (χ4n) is 3.23. The number of nitrogens with zero attached hydrogens (tertiary/aromatic N) is 1. The number of anilines is 1. The van der Waals surface area contributed by atoms with Gasteiger partial charge in [-0.2, -0.15) is 0 Å². The fourth-order valence-corrected chi connectivity index (χ4v) is 3.95. The van der Waals surface area contributed by atoms with Crippen LogP contribution in [-0.2, 0) is 0 Å². The van der Waals surface area contributed by atoms with Crippen LogP contribution in [0.3, 0.4) is 0 Å². The van der Waals surface area contributed by atoms with Crippen LogP contribution < -0.4 is 10.1 Å². The number of benzene rings is 3. The largest absolute Gasteiger partial charge is 0.491 e. The average Bonchev–Trinajstić information content (AvgIpc) is 3.32. The minimum atomic E-state index is -0.618. The quantitative estimate of drug-likeness (QED) is 0.255. The lowest BCUT2D eigenvalue weighted by Crippen LogP contribution is -2.15. The Labute approximate surface area is 201 Å². The van der Waals surface area contributed by atoms with Crippen molar-refractivity contribution < 1.29 is 19.1 Å². The molecule has 4 rings (SSSR count). The van der Waals surface area contributed by atoms with Gasteiger partial charge in [-0.25, -0.2) is 4.98 Å². The minimum absolute atomic E-state index is 0.100. The lowest BCUT2D eigenvalue weighted by atomic mass is 10.0. The molecule has 0 aliphatic heterocycles. The third-order valence-electron chi connectivity index (χ3n) is 4.90. The molecular formula is C27H22N2O4S. The van der Waals surface area contributed by atoms with E-state index in [1.165, 1.54) is 35.6 Å². The van der Waals surface area contributed by atoms with Crippen molar-refractivity contribution in [1.29, 1.82) is 0 Å². The van der Waals surface area contributed by atoms with Crippen LogP contribution in [0.4, 0.5) is 5.13 Å². The van der Waals surface area contributed by atoms with Gasteiger partial charge in [0.2, 0.25) is 11.6 Å². The third-order valence-corrected chi connectivity index (χ3v) is 5.66. The van der Waals surface area contributed by atoms with E-state index in [1.54, 1.807) is 30.3 Å². The first-order chi connectivity index (χ1) is 16.4. The van der Waals surface area contributed by atoms with Crippen LogP contribution in [0.2, 0.25) is 0 Å². The van der Waals surface area contributed by atoms with Crippen LogP contribution in [0, 0.1) is 0 Å². The molecule has 0 atom stereocenters. The highest BCUT2D eigenvalue weighted by atomic mass is 32.1. The molecule has 0 saturated heterocycles. The van der Waals surface area contributed by atoms with Gasteiger partial charge >= 0.3 is 0 Å². The predicted molar refractivity (Wildman–Crippen MR) is 133 cm³/mol. The lowest BCUT2D eigenvalue weighted by molar-refractivity contribution is 0.0817. The number of carbonyl (C=O) groups is 3. The molecule has 34 heavy (non-hydrogen) atoms. The molecule has 170 valence electrons. The highest BCUT2D eigenvalue weighted by Crippen LogP contribution is 2.27. The van der Waals surface area contributed by atoms with Gasteiger partial charge in [0.25, 0.3) is 5.91 Å². The molecule has 3 aromatic carbocycles. The summed E-state index contributed by atoms with van der Waals surface area (Å²) in [6, 6.07) is 22.0. The van der Waals surface area contributed by atoms with Gasteiger partial charge in [-0.3, -0.25) is 19.7 Å². The summed E-state index contributed by atoms with van der Waals surface area (Å²) in [5, 5.41) is 5.10. The summed E-state index contributed by atoms with van der Waals surface area (Å²) in [6.45, 7) is 3.94. The van der Waals surface area contributed by atoms with E-state index in [1.807, 2.05) is 43.5 Å². The molecular weight excluding hydrogens is 448 g/mol. The highest BCUT2D eigenvalue weighted by molar-refractivity contribution is 7.14. The van der Waals surface area contributed by atoms with Crippen LogP contribution in [0.15, 0.2) is 84.2 Å².